The number of hydrogen-bond acceptors (Lipinski definition) is 2. The lowest BCUT2D eigenvalue weighted by molar-refractivity contribution is 0.216. The van der Waals surface area contributed by atoms with E-state index in [1.807, 2.05) is 0 Å². The average molecular weight is 434 g/mol. The SMILES string of the molecule is c1ccc(CN2Cc3[nH]c4ccccc4c3C(=NC3CCCCC3)C2c2ccccc2)cc1. The molecule has 0 bridgehead atoms. The molecule has 0 saturated heterocycles. The minimum Gasteiger partial charge on any atom is -0.357 e. The molecule has 3 nitrogen and oxygen atoms in total. The van der Waals surface area contributed by atoms with Crippen LogP contribution in [0, 0.1) is 0 Å². The highest BCUT2D eigenvalue weighted by Crippen LogP contribution is 2.39. The molecule has 1 aliphatic heterocycles. The number of hydrogen-bond donors (Lipinski definition) is 1. The zero-order valence-corrected chi connectivity index (χ0v) is 19.1. The van der Waals surface area contributed by atoms with Gasteiger partial charge in [0.25, 0.3) is 0 Å². The van der Waals surface area contributed by atoms with Crippen molar-refractivity contribution < 1.29 is 0 Å². The first kappa shape index (κ1) is 20.4. The number of rotatable bonds is 4. The number of H-pyrrole nitrogens is 1. The van der Waals surface area contributed by atoms with Crippen LogP contribution in [0.4, 0.5) is 0 Å². The van der Waals surface area contributed by atoms with Crippen LogP contribution in [0.3, 0.4) is 0 Å². The Morgan fingerprint density at radius 2 is 1.48 bits per heavy atom. The van der Waals surface area contributed by atoms with E-state index in [1.165, 1.54) is 71.1 Å². The summed E-state index contributed by atoms with van der Waals surface area (Å²) in [6.45, 7) is 1.79. The average Bonchev–Trinajstić information content (AvgIpc) is 3.24. The molecule has 6 rings (SSSR count). The lowest BCUT2D eigenvalue weighted by atomic mass is 9.88. The van der Waals surface area contributed by atoms with Gasteiger partial charge in [0.05, 0.1) is 17.8 Å². The Hall–Kier alpha value is -3.17. The maximum Gasteiger partial charge on any atom is 0.0785 e. The molecule has 0 radical (unpaired) electrons. The molecule has 3 heteroatoms. The van der Waals surface area contributed by atoms with E-state index >= 15 is 0 Å². The summed E-state index contributed by atoms with van der Waals surface area (Å²) in [5, 5.41) is 1.31. The maximum absolute atomic E-state index is 5.56. The predicted octanol–water partition coefficient (Wildman–Crippen LogP) is 7.05. The van der Waals surface area contributed by atoms with E-state index in [0.29, 0.717) is 6.04 Å². The van der Waals surface area contributed by atoms with Gasteiger partial charge in [-0.15, -0.1) is 0 Å². The highest BCUT2D eigenvalue weighted by atomic mass is 15.2. The highest BCUT2D eigenvalue weighted by molar-refractivity contribution is 6.15. The molecule has 1 aliphatic carbocycles. The first-order valence-corrected chi connectivity index (χ1v) is 12.4. The Balaban J connectivity index is 1.53. The molecule has 3 aromatic carbocycles. The summed E-state index contributed by atoms with van der Waals surface area (Å²) in [5.74, 6) is 0. The van der Waals surface area contributed by atoms with Crippen LogP contribution in [0.1, 0.15) is 60.5 Å². The molecule has 2 aliphatic rings. The van der Waals surface area contributed by atoms with E-state index in [2.05, 4.69) is 94.8 Å². The molecule has 1 saturated carbocycles. The van der Waals surface area contributed by atoms with Gasteiger partial charge in [-0.1, -0.05) is 98.1 Å². The summed E-state index contributed by atoms with van der Waals surface area (Å²) in [5.41, 5.74) is 7.78. The van der Waals surface area contributed by atoms with Crippen molar-refractivity contribution in [3.8, 4) is 0 Å². The third kappa shape index (κ3) is 4.02. The second-order valence-corrected chi connectivity index (χ2v) is 9.53. The summed E-state index contributed by atoms with van der Waals surface area (Å²) in [6.07, 6.45) is 6.36. The molecule has 0 spiro atoms. The van der Waals surface area contributed by atoms with Crippen LogP contribution in [0.15, 0.2) is 89.9 Å². The minimum atomic E-state index is 0.153. The number of aliphatic imine (C=N–C) groups is 1. The summed E-state index contributed by atoms with van der Waals surface area (Å²) in [7, 11) is 0. The van der Waals surface area contributed by atoms with Crippen molar-refractivity contribution in [1.82, 2.24) is 9.88 Å². The predicted molar refractivity (Wildman–Crippen MR) is 137 cm³/mol. The molecular formula is C30H31N3. The Bertz CT molecular complexity index is 1250. The van der Waals surface area contributed by atoms with Gasteiger partial charge in [-0.05, 0) is 30.0 Å². The van der Waals surface area contributed by atoms with Gasteiger partial charge in [-0.3, -0.25) is 9.89 Å². The third-order valence-electron chi connectivity index (χ3n) is 7.27. The normalized spacial score (nSPS) is 20.8. The fraction of sp³-hybridized carbons (Fsp3) is 0.300. The number of fused-ring (bicyclic) bond motifs is 3. The molecule has 1 aromatic heterocycles. The van der Waals surface area contributed by atoms with Gasteiger partial charge in [0.1, 0.15) is 0 Å². The second kappa shape index (κ2) is 8.99. The molecule has 1 fully saturated rings. The minimum absolute atomic E-state index is 0.153. The second-order valence-electron chi connectivity index (χ2n) is 9.53. The molecule has 1 unspecified atom stereocenters. The number of nitrogens with one attached hydrogen (secondary N) is 1. The summed E-state index contributed by atoms with van der Waals surface area (Å²) >= 11 is 0. The van der Waals surface area contributed by atoms with Gasteiger partial charge in [0.2, 0.25) is 0 Å². The highest BCUT2D eigenvalue weighted by Gasteiger charge is 2.36. The lowest BCUT2D eigenvalue weighted by Crippen LogP contribution is -2.39. The van der Waals surface area contributed by atoms with Crippen molar-refractivity contribution in [3.63, 3.8) is 0 Å². The van der Waals surface area contributed by atoms with Crippen molar-refractivity contribution >= 4 is 16.6 Å². The number of benzene rings is 3. The van der Waals surface area contributed by atoms with Crippen LogP contribution < -0.4 is 0 Å². The Morgan fingerprint density at radius 3 is 2.27 bits per heavy atom. The van der Waals surface area contributed by atoms with Crippen LogP contribution in [-0.2, 0) is 13.1 Å². The topological polar surface area (TPSA) is 31.4 Å². The molecule has 166 valence electrons. The molecule has 4 aromatic rings. The van der Waals surface area contributed by atoms with Crippen LogP contribution in [0.25, 0.3) is 10.9 Å². The number of aromatic amines is 1. The Morgan fingerprint density at radius 1 is 0.788 bits per heavy atom. The van der Waals surface area contributed by atoms with Crippen LogP contribution >= 0.6 is 0 Å². The van der Waals surface area contributed by atoms with Gasteiger partial charge in [0.15, 0.2) is 0 Å². The standard InChI is InChI=1S/C30H31N3/c1-4-12-22(13-5-1)20-33-21-27-28(25-18-10-11-19-26(25)32-27)29(31-24-16-8-3-9-17-24)30(33)23-14-6-2-7-15-23/h1-2,4-7,10-15,18-19,24,30,32H,3,8-9,16-17,20-21H2. The van der Waals surface area contributed by atoms with E-state index < -0.39 is 0 Å². The monoisotopic (exact) mass is 433 g/mol. The van der Waals surface area contributed by atoms with E-state index in [9.17, 15) is 0 Å². The van der Waals surface area contributed by atoms with Crippen molar-refractivity contribution in [2.75, 3.05) is 0 Å². The lowest BCUT2D eigenvalue weighted by Gasteiger charge is -2.38. The molecular weight excluding hydrogens is 402 g/mol. The molecule has 0 amide bonds. The van der Waals surface area contributed by atoms with Crippen LogP contribution in [0.2, 0.25) is 0 Å². The summed E-state index contributed by atoms with van der Waals surface area (Å²) in [6, 6.07) is 31.2. The molecule has 33 heavy (non-hydrogen) atoms. The number of para-hydroxylation sites is 1. The summed E-state index contributed by atoms with van der Waals surface area (Å²) < 4.78 is 0. The van der Waals surface area contributed by atoms with E-state index in [0.717, 1.165) is 13.1 Å². The Kier molecular flexibility index (Phi) is 5.57. The fourth-order valence-corrected chi connectivity index (χ4v) is 5.72. The van der Waals surface area contributed by atoms with Crippen LogP contribution in [0.5, 0.6) is 0 Å². The van der Waals surface area contributed by atoms with Crippen molar-refractivity contribution in [3.05, 3.63) is 107 Å². The van der Waals surface area contributed by atoms with E-state index in [1.54, 1.807) is 0 Å². The fourth-order valence-electron chi connectivity index (χ4n) is 5.72. The third-order valence-corrected chi connectivity index (χ3v) is 7.27. The van der Waals surface area contributed by atoms with Crippen molar-refractivity contribution in [2.24, 2.45) is 4.99 Å². The number of aromatic nitrogens is 1. The van der Waals surface area contributed by atoms with Crippen molar-refractivity contribution in [2.45, 2.75) is 57.3 Å². The van der Waals surface area contributed by atoms with E-state index in [-0.39, 0.29) is 6.04 Å². The molecule has 1 N–H and O–H groups in total. The van der Waals surface area contributed by atoms with Gasteiger partial charge in [0, 0.05) is 35.2 Å². The summed E-state index contributed by atoms with van der Waals surface area (Å²) in [4.78, 5) is 11.9. The smallest absolute Gasteiger partial charge is 0.0785 e. The Labute approximate surface area is 196 Å². The zero-order valence-electron chi connectivity index (χ0n) is 19.1. The van der Waals surface area contributed by atoms with Gasteiger partial charge in [-0.2, -0.15) is 0 Å². The van der Waals surface area contributed by atoms with Gasteiger partial charge < -0.3 is 4.98 Å². The van der Waals surface area contributed by atoms with Gasteiger partial charge >= 0.3 is 0 Å². The van der Waals surface area contributed by atoms with Gasteiger partial charge in [-0.25, -0.2) is 0 Å². The first-order chi connectivity index (χ1) is 16.4. The quantitative estimate of drug-likeness (QED) is 0.367. The molecule has 1 atom stereocenters. The molecule has 2 heterocycles. The van der Waals surface area contributed by atoms with Crippen LogP contribution in [-0.4, -0.2) is 21.6 Å². The van der Waals surface area contributed by atoms with E-state index in [4.69, 9.17) is 4.99 Å². The zero-order chi connectivity index (χ0) is 22.0. The number of nitrogens with zero attached hydrogens (tertiary/aromatic N) is 2. The first-order valence-electron chi connectivity index (χ1n) is 12.4. The maximum atomic E-state index is 5.56. The van der Waals surface area contributed by atoms with Crippen molar-refractivity contribution in [1.29, 1.82) is 0 Å². The largest absolute Gasteiger partial charge is 0.357 e.